The Bertz CT molecular complexity index is 1910. The third-order valence-electron chi connectivity index (χ3n) is 16.6. The first kappa shape index (κ1) is 45.1. The van der Waals surface area contributed by atoms with Crippen LogP contribution in [0.5, 0.6) is 0 Å². The molecular weight excluding hydrogens is 726 g/mol. The number of benzene rings is 2. The van der Waals surface area contributed by atoms with E-state index in [9.17, 15) is 29.4 Å². The molecule has 56 heavy (non-hydrogen) atoms. The zero-order valence-corrected chi connectivity index (χ0v) is 39.0. The van der Waals surface area contributed by atoms with Crippen molar-refractivity contribution >= 4 is 23.9 Å². The second-order valence-electron chi connectivity index (χ2n) is 19.0. The average Bonchev–Trinajstić information content (AvgIpc) is 3.13. The van der Waals surface area contributed by atoms with Crippen molar-refractivity contribution in [2.75, 3.05) is 6.61 Å². The van der Waals surface area contributed by atoms with Crippen LogP contribution in [0.15, 0.2) is 60.2 Å². The Balaban J connectivity index is 0.00000300. The number of rotatable bonds is 7. The second kappa shape index (κ2) is 16.3. The van der Waals surface area contributed by atoms with Gasteiger partial charge in [0.25, 0.3) is 0 Å². The number of aromatic carboxylic acids is 2. The van der Waals surface area contributed by atoms with Crippen molar-refractivity contribution in [3.8, 4) is 0 Å². The molecule has 10 atom stereocenters. The van der Waals surface area contributed by atoms with Gasteiger partial charge in [-0.05, 0) is 116 Å². The molecule has 0 aliphatic heterocycles. The number of carbonyl (C=O) groups is 4. The van der Waals surface area contributed by atoms with E-state index in [1.807, 2.05) is 0 Å². The van der Waals surface area contributed by atoms with Crippen LogP contribution in [-0.2, 0) is 9.47 Å². The van der Waals surface area contributed by atoms with Crippen LogP contribution in [0, 0.1) is 56.7 Å². The molecule has 4 fully saturated rings. The Morgan fingerprint density at radius 2 is 1.27 bits per heavy atom. The van der Waals surface area contributed by atoms with Crippen molar-refractivity contribution < 1.29 is 98.0 Å². The molecule has 5 aliphatic carbocycles. The largest absolute Gasteiger partial charge is 1.00 e. The Labute approximate surface area is 376 Å². The van der Waals surface area contributed by atoms with Gasteiger partial charge in [0.05, 0.1) is 29.7 Å². The molecule has 4 saturated carbocycles. The predicted molar refractivity (Wildman–Crippen MR) is 200 cm³/mol. The van der Waals surface area contributed by atoms with Crippen molar-refractivity contribution in [2.24, 2.45) is 56.7 Å². The van der Waals surface area contributed by atoms with Gasteiger partial charge in [0, 0.05) is 22.0 Å². The third-order valence-corrected chi connectivity index (χ3v) is 16.6. The minimum Gasteiger partial charge on any atom is -0.545 e. The summed E-state index contributed by atoms with van der Waals surface area (Å²) in [5, 5.41) is 23.6. The van der Waals surface area contributed by atoms with Gasteiger partial charge in [-0.15, -0.1) is 0 Å². The van der Waals surface area contributed by atoms with Crippen LogP contribution >= 0.6 is 0 Å². The molecule has 0 bridgehead atoms. The Hall–Kier alpha value is -1.94. The molecule has 0 radical (unpaired) electrons. The van der Waals surface area contributed by atoms with Gasteiger partial charge < -0.3 is 29.3 Å². The molecule has 0 spiro atoms. The fraction of sp³-hybridized carbons (Fsp3) is 0.609. The molecule has 2 aromatic carbocycles. The number of ether oxygens (including phenoxy) is 2. The van der Waals surface area contributed by atoms with Crippen LogP contribution in [0.2, 0.25) is 0 Å². The van der Waals surface area contributed by atoms with Gasteiger partial charge in [-0.25, -0.2) is 9.59 Å². The monoisotopic (exact) mass is 782 g/mol. The van der Waals surface area contributed by atoms with Crippen molar-refractivity contribution in [3.63, 3.8) is 0 Å². The molecule has 8 nitrogen and oxygen atoms in total. The number of allylic oxidation sites excluding steroid dienone is 2. The van der Waals surface area contributed by atoms with Crippen molar-refractivity contribution in [3.05, 3.63) is 82.4 Å². The van der Waals surface area contributed by atoms with Crippen molar-refractivity contribution in [2.45, 2.75) is 112 Å². The summed E-state index contributed by atoms with van der Waals surface area (Å²) in [6, 6.07) is 12.3. The maximum absolute atomic E-state index is 13.5. The smallest absolute Gasteiger partial charge is 0.545 e. The van der Waals surface area contributed by atoms with E-state index in [4.69, 9.17) is 9.47 Å². The van der Waals surface area contributed by atoms with Crippen LogP contribution in [0.1, 0.15) is 148 Å². The summed E-state index contributed by atoms with van der Waals surface area (Å²) in [4.78, 5) is 50.5. The zero-order chi connectivity index (χ0) is 39.0. The van der Waals surface area contributed by atoms with Crippen LogP contribution < -0.4 is 69.3 Å². The number of esters is 2. The van der Waals surface area contributed by atoms with Gasteiger partial charge in [0.15, 0.2) is 0 Å². The molecule has 290 valence electrons. The molecule has 0 N–H and O–H groups in total. The first-order valence-electron chi connectivity index (χ1n) is 20.1. The zero-order valence-electron chi connectivity index (χ0n) is 35.0. The Morgan fingerprint density at radius 1 is 0.696 bits per heavy atom. The van der Waals surface area contributed by atoms with Crippen LogP contribution in [0.4, 0.5) is 0 Å². The standard InChI is InChI=1S/C46H58O8.2Na/c1-27-18-23-46(26-53-40(51)31-14-10-8-12-29(31)38(47)48)25-24-44(6)33(37(46)28(27)2)16-17-35-43(5)21-20-36(42(3,4)34(43)19-22-45(35,44)7)54-41(52)32-15-11-9-13-30(32)39(49)50;;/h8-16,27-28,34-37H,17-26H2,1-7H3,(H,47,48)(H,49,50);;/q;2*+1/p-2/t27-,28-,34?,35?,36-,37-,43-,44+,45+,46?;;/m0../s1. The average molecular weight is 783 g/mol. The molecule has 2 aromatic rings. The second-order valence-corrected chi connectivity index (χ2v) is 19.0. The Morgan fingerprint density at radius 3 is 1.86 bits per heavy atom. The summed E-state index contributed by atoms with van der Waals surface area (Å²) in [5.74, 6) is -2.07. The van der Waals surface area contributed by atoms with Crippen LogP contribution in [-0.4, -0.2) is 36.6 Å². The summed E-state index contributed by atoms with van der Waals surface area (Å²) in [7, 11) is 0. The van der Waals surface area contributed by atoms with E-state index in [2.05, 4.69) is 54.5 Å². The topological polar surface area (TPSA) is 133 Å². The summed E-state index contributed by atoms with van der Waals surface area (Å²) in [6.45, 7) is 17.0. The first-order valence-corrected chi connectivity index (χ1v) is 20.1. The summed E-state index contributed by atoms with van der Waals surface area (Å²) in [5.41, 5.74) is 0.777. The van der Waals surface area contributed by atoms with Crippen LogP contribution in [0.3, 0.4) is 0 Å². The number of carboxylic acids is 2. The molecule has 5 aliphatic rings. The van der Waals surface area contributed by atoms with E-state index in [0.29, 0.717) is 30.1 Å². The van der Waals surface area contributed by atoms with E-state index in [1.165, 1.54) is 29.8 Å². The maximum atomic E-state index is 13.5. The quantitative estimate of drug-likeness (QED) is 0.235. The van der Waals surface area contributed by atoms with Gasteiger partial charge in [-0.2, -0.15) is 0 Å². The van der Waals surface area contributed by atoms with E-state index in [0.717, 1.165) is 51.4 Å². The fourth-order valence-electron chi connectivity index (χ4n) is 13.2. The van der Waals surface area contributed by atoms with Gasteiger partial charge in [-0.1, -0.05) is 96.5 Å². The number of hydrogen-bond acceptors (Lipinski definition) is 8. The third kappa shape index (κ3) is 7.02. The maximum Gasteiger partial charge on any atom is 1.00 e. The molecule has 10 heteroatoms. The summed E-state index contributed by atoms with van der Waals surface area (Å²) in [6.07, 6.45) is 10.9. The van der Waals surface area contributed by atoms with E-state index >= 15 is 0 Å². The first-order chi connectivity index (χ1) is 25.4. The fourth-order valence-corrected chi connectivity index (χ4v) is 13.2. The van der Waals surface area contributed by atoms with Gasteiger partial charge in [0.2, 0.25) is 0 Å². The summed E-state index contributed by atoms with van der Waals surface area (Å²) >= 11 is 0. The molecule has 7 rings (SSSR count). The molecular formula is C46H56Na2O8. The van der Waals surface area contributed by atoms with E-state index < -0.39 is 23.9 Å². The number of carboxylic acid groups (broad SMARTS) is 2. The van der Waals surface area contributed by atoms with Crippen LogP contribution in [0.25, 0.3) is 0 Å². The molecule has 3 unspecified atom stereocenters. The number of fused-ring (bicyclic) bond motifs is 7. The van der Waals surface area contributed by atoms with Gasteiger partial charge >= 0.3 is 71.1 Å². The molecule has 0 amide bonds. The van der Waals surface area contributed by atoms with Gasteiger partial charge in [-0.3, -0.25) is 0 Å². The number of hydrogen-bond donors (Lipinski definition) is 0. The number of carbonyl (C=O) groups excluding carboxylic acids is 4. The van der Waals surface area contributed by atoms with Crippen molar-refractivity contribution in [1.82, 2.24) is 0 Å². The molecule has 0 heterocycles. The predicted octanol–water partition coefficient (Wildman–Crippen LogP) is 1.46. The normalized spacial score (nSPS) is 36.6. The van der Waals surface area contributed by atoms with E-state index in [1.54, 1.807) is 24.3 Å². The Kier molecular flexibility index (Phi) is 13.1. The summed E-state index contributed by atoms with van der Waals surface area (Å²) < 4.78 is 12.3. The SMILES string of the molecule is C[C@@H]1[C@H]2C3=CCC4[C@@]5(C)CC[C@H](OC(=O)c6ccccc6C(=O)[O-])C(C)(C)C5CC[C@@]4(C)[C@]3(C)CCC2(COC(=O)c2ccccc2C(=O)[O-])CC[C@@H]1C.[Na+].[Na+]. The molecule has 0 aromatic heterocycles. The van der Waals surface area contributed by atoms with Gasteiger partial charge in [0.1, 0.15) is 6.10 Å². The molecule has 0 saturated heterocycles. The minimum absolute atomic E-state index is 0. The van der Waals surface area contributed by atoms with E-state index in [-0.39, 0.29) is 127 Å². The minimum atomic E-state index is -1.39. The van der Waals surface area contributed by atoms with Crippen molar-refractivity contribution in [1.29, 1.82) is 0 Å².